The molecule has 0 N–H and O–H groups in total. The molecule has 0 aliphatic rings. The zero-order chi connectivity index (χ0) is 21.5. The Hall–Kier alpha value is 1.59. The third kappa shape index (κ3) is 24.5. The molecule has 0 bridgehead atoms. The van der Waals surface area contributed by atoms with E-state index in [9.17, 15) is 0 Å². The van der Waals surface area contributed by atoms with E-state index in [0.717, 1.165) is 0 Å². The molecule has 0 spiro atoms. The second-order valence-corrected chi connectivity index (χ2v) is 15.2. The van der Waals surface area contributed by atoms with Crippen molar-refractivity contribution in [2.45, 2.75) is 156 Å². The van der Waals surface area contributed by atoms with Gasteiger partial charge in [-0.25, -0.2) is 0 Å². The van der Waals surface area contributed by atoms with E-state index in [0.29, 0.717) is 0 Å². The molecule has 0 amide bonds. The summed E-state index contributed by atoms with van der Waals surface area (Å²) in [4.78, 5) is 0. The normalized spacial score (nSPS) is 11.7. The Kier molecular flexibility index (Phi) is 35.5. The van der Waals surface area contributed by atoms with Gasteiger partial charge in [-0.2, -0.15) is 9.90 Å². The SMILES string of the molecule is CCCCCCCCCCCCCCCC[PH](CCCC)(CCCC)CCCC.I.P. The van der Waals surface area contributed by atoms with Crippen LogP contribution in [0.25, 0.3) is 0 Å². The molecule has 0 aliphatic heterocycles. The van der Waals surface area contributed by atoms with Crippen molar-refractivity contribution in [3.8, 4) is 0 Å². The van der Waals surface area contributed by atoms with E-state index in [-0.39, 0.29) is 33.9 Å². The van der Waals surface area contributed by atoms with Crippen LogP contribution in [0.1, 0.15) is 156 Å². The monoisotopic (exact) mass is 590 g/mol. The summed E-state index contributed by atoms with van der Waals surface area (Å²) in [6.07, 6.45) is 36.2. The van der Waals surface area contributed by atoms with Crippen molar-refractivity contribution in [2.75, 3.05) is 24.6 Å². The van der Waals surface area contributed by atoms with Crippen molar-refractivity contribution in [3.05, 3.63) is 0 Å². The summed E-state index contributed by atoms with van der Waals surface area (Å²) in [5, 5.41) is 0. The molecule has 0 aromatic rings. The van der Waals surface area contributed by atoms with Crippen LogP contribution in [0.15, 0.2) is 0 Å². The van der Waals surface area contributed by atoms with Crippen molar-refractivity contribution in [1.82, 2.24) is 0 Å². The molecule has 0 aromatic carbocycles. The van der Waals surface area contributed by atoms with Crippen LogP contribution in [0, 0.1) is 0 Å². The maximum absolute atomic E-state index is 2.39. The summed E-state index contributed by atoms with van der Waals surface area (Å²) in [5.41, 5.74) is 0. The fraction of sp³-hybridized carbons (Fsp3) is 1.00. The molecule has 3 heteroatoms. The fourth-order valence-corrected chi connectivity index (χ4v) is 10.9. The topological polar surface area (TPSA) is 0 Å². The van der Waals surface area contributed by atoms with Crippen molar-refractivity contribution in [2.24, 2.45) is 0 Å². The Morgan fingerprint density at radius 2 is 0.548 bits per heavy atom. The molecule has 0 aliphatic carbocycles. The molecule has 0 heterocycles. The quantitative estimate of drug-likeness (QED) is 0.0596. The predicted octanol–water partition coefficient (Wildman–Crippen LogP) is 11.3. The number of hydrogen-bond acceptors (Lipinski definition) is 0. The van der Waals surface area contributed by atoms with Crippen LogP contribution >= 0.6 is 41.1 Å². The van der Waals surface area contributed by atoms with Gasteiger partial charge in [0.1, 0.15) is 0 Å². The molecule has 0 saturated heterocycles. The molecule has 0 radical (unpaired) electrons. The average molecular weight is 591 g/mol. The Morgan fingerprint density at radius 3 is 0.839 bits per heavy atom. The molecule has 0 aromatic heterocycles. The molecular weight excluding hydrogens is 525 g/mol. The Bertz CT molecular complexity index is 288. The van der Waals surface area contributed by atoms with Crippen LogP contribution in [-0.4, -0.2) is 24.6 Å². The third-order valence-corrected chi connectivity index (χ3v) is 12.9. The van der Waals surface area contributed by atoms with Crippen LogP contribution in [0.4, 0.5) is 0 Å². The van der Waals surface area contributed by atoms with Crippen LogP contribution in [0.5, 0.6) is 0 Å². The molecule has 1 atom stereocenters. The van der Waals surface area contributed by atoms with Crippen LogP contribution in [0.2, 0.25) is 0 Å². The summed E-state index contributed by atoms with van der Waals surface area (Å²) >= 11 is 0. The second-order valence-electron chi connectivity index (χ2n) is 10.2. The molecule has 0 rings (SSSR count). The molecule has 31 heavy (non-hydrogen) atoms. The minimum atomic E-state index is -0.961. The van der Waals surface area contributed by atoms with Gasteiger partial charge in [0.15, 0.2) is 0 Å². The van der Waals surface area contributed by atoms with Crippen LogP contribution < -0.4 is 0 Å². The van der Waals surface area contributed by atoms with Gasteiger partial charge < -0.3 is 0 Å². The van der Waals surface area contributed by atoms with Gasteiger partial charge >= 0.3 is 162 Å². The van der Waals surface area contributed by atoms with E-state index in [1.165, 1.54) is 122 Å². The molecule has 0 saturated carbocycles. The molecule has 0 nitrogen and oxygen atoms in total. The minimum Gasteiger partial charge on any atom is -0.153 e. The second kappa shape index (κ2) is 29.6. The van der Waals surface area contributed by atoms with Gasteiger partial charge in [0.05, 0.1) is 0 Å². The van der Waals surface area contributed by atoms with E-state index < -0.39 is 7.26 Å². The molecular formula is C28H65IP2. The Balaban J connectivity index is -0.00000392. The van der Waals surface area contributed by atoms with Gasteiger partial charge in [-0.1, -0.05) is 26.2 Å². The zero-order valence-corrected chi connectivity index (χ0v) is 27.3. The van der Waals surface area contributed by atoms with Gasteiger partial charge in [-0.05, 0) is 0 Å². The summed E-state index contributed by atoms with van der Waals surface area (Å²) in [6.45, 7) is 9.49. The standard InChI is InChI=1S/C28H61P.HI.H3P/c1-5-9-13-14-15-16-17-18-19-20-21-22-23-24-28-29(25-10-6-2,26-11-7-3)27-12-8-4;;/h29H,5-28H2,1-4H3;1H;1H3. The summed E-state index contributed by atoms with van der Waals surface area (Å²) in [5.74, 6) is 0. The first-order chi connectivity index (χ1) is 14.2. The maximum atomic E-state index is 2.39. The van der Waals surface area contributed by atoms with Gasteiger partial charge in [0, 0.05) is 0 Å². The number of hydrogen-bond donors (Lipinski definition) is 0. The largest absolute Gasteiger partial charge is 0.153 e. The van der Waals surface area contributed by atoms with Gasteiger partial charge in [-0.3, -0.25) is 0 Å². The summed E-state index contributed by atoms with van der Waals surface area (Å²) in [6, 6.07) is 0. The van der Waals surface area contributed by atoms with Crippen molar-refractivity contribution < 1.29 is 0 Å². The first-order valence-electron chi connectivity index (χ1n) is 14.2. The fourth-order valence-electron chi connectivity index (χ4n) is 5.10. The first-order valence-corrected chi connectivity index (χ1v) is 17.1. The summed E-state index contributed by atoms with van der Waals surface area (Å²) < 4.78 is 0. The average Bonchev–Trinajstić information content (AvgIpc) is 2.74. The Morgan fingerprint density at radius 1 is 0.323 bits per heavy atom. The minimum absolute atomic E-state index is 0. The van der Waals surface area contributed by atoms with Crippen LogP contribution in [-0.2, 0) is 0 Å². The first kappa shape index (κ1) is 37.1. The van der Waals surface area contributed by atoms with E-state index in [1.807, 2.05) is 0 Å². The summed E-state index contributed by atoms with van der Waals surface area (Å²) in [7, 11) is -0.961. The number of unbranched alkanes of at least 4 members (excludes halogenated alkanes) is 16. The Labute approximate surface area is 221 Å². The third-order valence-electron chi connectivity index (χ3n) is 7.24. The van der Waals surface area contributed by atoms with Crippen molar-refractivity contribution in [1.29, 1.82) is 0 Å². The maximum Gasteiger partial charge on any atom is -0.107 e. The van der Waals surface area contributed by atoms with Crippen molar-refractivity contribution in [3.63, 3.8) is 0 Å². The van der Waals surface area contributed by atoms with Gasteiger partial charge in [0.25, 0.3) is 0 Å². The van der Waals surface area contributed by atoms with Gasteiger partial charge in [-0.15, -0.1) is 24.0 Å². The van der Waals surface area contributed by atoms with Gasteiger partial charge in [0.2, 0.25) is 0 Å². The predicted molar refractivity (Wildman–Crippen MR) is 169 cm³/mol. The number of rotatable bonds is 24. The zero-order valence-electron chi connectivity index (χ0n) is 22.6. The molecule has 1 unspecified atom stereocenters. The molecule has 194 valence electrons. The van der Waals surface area contributed by atoms with Crippen molar-refractivity contribution >= 4 is 41.1 Å². The molecule has 0 fully saturated rings. The van der Waals surface area contributed by atoms with E-state index in [4.69, 9.17) is 0 Å². The smallest absolute Gasteiger partial charge is 0.107 e. The van der Waals surface area contributed by atoms with Crippen LogP contribution in [0.3, 0.4) is 0 Å². The van der Waals surface area contributed by atoms with E-state index >= 15 is 0 Å². The van der Waals surface area contributed by atoms with E-state index in [1.54, 1.807) is 31.1 Å². The number of halogens is 1. The van der Waals surface area contributed by atoms with E-state index in [2.05, 4.69) is 27.7 Å².